The number of nitrogens with zero attached hydrogens (tertiary/aromatic N) is 1. The van der Waals surface area contributed by atoms with Crippen LogP contribution in [0.5, 0.6) is 0 Å². The van der Waals surface area contributed by atoms with E-state index in [1.54, 1.807) is 0 Å². The molecule has 2 heteroatoms. The molecule has 1 aliphatic heterocycles. The van der Waals surface area contributed by atoms with Crippen molar-refractivity contribution >= 4 is 32.8 Å². The quantitative estimate of drug-likeness (QED) is 0.181. The van der Waals surface area contributed by atoms with Crippen LogP contribution in [-0.4, -0.2) is 4.98 Å². The van der Waals surface area contributed by atoms with Crippen molar-refractivity contribution < 1.29 is 0 Å². The van der Waals surface area contributed by atoms with E-state index in [1.807, 2.05) is 12.3 Å². The van der Waals surface area contributed by atoms with Crippen LogP contribution in [-0.2, 0) is 5.54 Å². The summed E-state index contributed by atoms with van der Waals surface area (Å²) in [5.41, 5.74) is 12.0. The molecule has 7 aromatic carbocycles. The number of fused-ring (bicyclic) bond motifs is 3. The van der Waals surface area contributed by atoms with Gasteiger partial charge in [-0.15, -0.1) is 0 Å². The molecule has 0 aliphatic carbocycles. The van der Waals surface area contributed by atoms with Crippen LogP contribution in [0.1, 0.15) is 23.6 Å². The third kappa shape index (κ3) is 5.81. The van der Waals surface area contributed by atoms with Gasteiger partial charge in [-0.05, 0) is 110 Å². The molecule has 1 atom stereocenters. The van der Waals surface area contributed by atoms with Crippen LogP contribution < -0.4 is 5.32 Å². The monoisotopic (exact) mass is 652 g/mol. The van der Waals surface area contributed by atoms with Gasteiger partial charge >= 0.3 is 0 Å². The van der Waals surface area contributed by atoms with E-state index in [0.29, 0.717) is 0 Å². The lowest BCUT2D eigenvalue weighted by molar-refractivity contribution is 0.538. The summed E-state index contributed by atoms with van der Waals surface area (Å²) in [6.07, 6.45) is 6.67. The fourth-order valence-electron chi connectivity index (χ4n) is 7.50. The van der Waals surface area contributed by atoms with Gasteiger partial charge in [0.25, 0.3) is 0 Å². The van der Waals surface area contributed by atoms with Crippen LogP contribution in [0.15, 0.2) is 194 Å². The molecule has 1 unspecified atom stereocenters. The van der Waals surface area contributed by atoms with E-state index in [-0.39, 0.29) is 0 Å². The normalized spacial score (nSPS) is 15.6. The van der Waals surface area contributed by atoms with Gasteiger partial charge in [0.15, 0.2) is 0 Å². The second-order valence-electron chi connectivity index (χ2n) is 13.5. The van der Waals surface area contributed by atoms with Gasteiger partial charge in [-0.1, -0.05) is 146 Å². The van der Waals surface area contributed by atoms with Crippen molar-refractivity contribution in [2.24, 2.45) is 0 Å². The standard InChI is InChI=1S/C49H36N2/c1-49(42-20-9-4-10-21-42)32-41(31-48(51-49)35-17-7-3-8-18-35)38-27-39(46-30-36-19-11-12-22-43(36)44-23-13-14-24-45(44)46)29-40(28-38)47-26-25-37(33-50-47)34-15-5-2-6-16-34/h2-33,51H,1H3. The summed E-state index contributed by atoms with van der Waals surface area (Å²) in [5, 5.41) is 8.88. The van der Waals surface area contributed by atoms with Gasteiger partial charge in [-0.2, -0.15) is 0 Å². The SMILES string of the molecule is CC1(c2ccccc2)C=C(c2cc(-c3ccc(-c4ccccc4)cn3)cc(-c3cc4ccccc4c4ccccc34)c2)C=C(c2ccccc2)N1. The molecule has 2 nitrogen and oxygen atoms in total. The third-order valence-electron chi connectivity index (χ3n) is 10.1. The first-order chi connectivity index (χ1) is 25.1. The summed E-state index contributed by atoms with van der Waals surface area (Å²) in [5.74, 6) is 0. The van der Waals surface area contributed by atoms with E-state index in [2.05, 4.69) is 194 Å². The number of pyridine rings is 1. The van der Waals surface area contributed by atoms with Gasteiger partial charge < -0.3 is 5.32 Å². The maximum absolute atomic E-state index is 5.05. The van der Waals surface area contributed by atoms with Crippen LogP contribution in [0.4, 0.5) is 0 Å². The molecular formula is C49H36N2. The Morgan fingerprint density at radius 3 is 1.80 bits per heavy atom. The highest BCUT2D eigenvalue weighted by atomic mass is 15.0. The molecule has 0 bridgehead atoms. The van der Waals surface area contributed by atoms with Gasteiger partial charge in [-0.25, -0.2) is 0 Å². The Labute approximate surface area is 299 Å². The summed E-state index contributed by atoms with van der Waals surface area (Å²) in [6, 6.07) is 62.9. The van der Waals surface area contributed by atoms with Gasteiger partial charge in [0.05, 0.1) is 11.2 Å². The minimum absolute atomic E-state index is 0.433. The molecule has 0 spiro atoms. The van der Waals surface area contributed by atoms with E-state index in [9.17, 15) is 0 Å². The molecule has 1 aliphatic rings. The molecule has 0 saturated carbocycles. The summed E-state index contributed by atoms with van der Waals surface area (Å²) < 4.78 is 0. The summed E-state index contributed by atoms with van der Waals surface area (Å²) >= 11 is 0. The smallest absolute Gasteiger partial charge is 0.0790 e. The third-order valence-corrected chi connectivity index (χ3v) is 10.1. The number of rotatable bonds is 6. The van der Waals surface area contributed by atoms with Crippen molar-refractivity contribution in [3.05, 3.63) is 211 Å². The molecular weight excluding hydrogens is 617 g/mol. The molecule has 0 amide bonds. The average molecular weight is 653 g/mol. The minimum atomic E-state index is -0.433. The molecule has 8 aromatic rings. The zero-order valence-electron chi connectivity index (χ0n) is 28.4. The molecule has 2 heterocycles. The molecule has 0 fully saturated rings. The van der Waals surface area contributed by atoms with E-state index in [4.69, 9.17) is 4.98 Å². The highest BCUT2D eigenvalue weighted by Crippen LogP contribution is 2.41. The largest absolute Gasteiger partial charge is 0.372 e. The lowest BCUT2D eigenvalue weighted by Gasteiger charge is -2.35. The number of nitrogens with one attached hydrogen (secondary N) is 1. The Morgan fingerprint density at radius 1 is 0.471 bits per heavy atom. The topological polar surface area (TPSA) is 24.9 Å². The van der Waals surface area contributed by atoms with Crippen molar-refractivity contribution in [1.82, 2.24) is 10.3 Å². The van der Waals surface area contributed by atoms with Gasteiger partial charge in [-0.3, -0.25) is 4.98 Å². The number of hydrogen-bond acceptors (Lipinski definition) is 2. The number of benzene rings is 7. The predicted molar refractivity (Wildman–Crippen MR) is 215 cm³/mol. The first-order valence-electron chi connectivity index (χ1n) is 17.5. The Morgan fingerprint density at radius 2 is 1.08 bits per heavy atom. The van der Waals surface area contributed by atoms with Crippen LogP contribution in [0.25, 0.3) is 66.3 Å². The maximum Gasteiger partial charge on any atom is 0.0790 e. The Hall–Kier alpha value is -6.51. The van der Waals surface area contributed by atoms with E-state index >= 15 is 0 Å². The van der Waals surface area contributed by atoms with Crippen molar-refractivity contribution in [3.8, 4) is 33.5 Å². The van der Waals surface area contributed by atoms with E-state index in [0.717, 1.165) is 50.3 Å². The number of aromatic nitrogens is 1. The first-order valence-corrected chi connectivity index (χ1v) is 17.5. The number of dihydropyridines is 1. The van der Waals surface area contributed by atoms with Gasteiger partial charge in [0.1, 0.15) is 0 Å². The lowest BCUT2D eigenvalue weighted by Crippen LogP contribution is -2.38. The number of allylic oxidation sites excluding steroid dienone is 2. The average Bonchev–Trinajstić information content (AvgIpc) is 3.21. The van der Waals surface area contributed by atoms with Crippen LogP contribution >= 0.6 is 0 Å². The zero-order chi connectivity index (χ0) is 34.2. The molecule has 1 N–H and O–H groups in total. The van der Waals surface area contributed by atoms with Crippen LogP contribution in [0.3, 0.4) is 0 Å². The molecule has 0 radical (unpaired) electrons. The molecule has 51 heavy (non-hydrogen) atoms. The summed E-state index contributed by atoms with van der Waals surface area (Å²) in [4.78, 5) is 5.05. The predicted octanol–water partition coefficient (Wildman–Crippen LogP) is 12.3. The molecule has 9 rings (SSSR count). The zero-order valence-corrected chi connectivity index (χ0v) is 28.4. The van der Waals surface area contributed by atoms with Crippen LogP contribution in [0.2, 0.25) is 0 Å². The van der Waals surface area contributed by atoms with E-state index < -0.39 is 5.54 Å². The minimum Gasteiger partial charge on any atom is -0.372 e. The molecule has 0 saturated heterocycles. The molecule has 242 valence electrons. The summed E-state index contributed by atoms with van der Waals surface area (Å²) in [7, 11) is 0. The first kappa shape index (κ1) is 30.5. The molecule has 1 aromatic heterocycles. The second-order valence-corrected chi connectivity index (χ2v) is 13.5. The van der Waals surface area contributed by atoms with E-state index in [1.165, 1.54) is 32.7 Å². The second kappa shape index (κ2) is 12.7. The van der Waals surface area contributed by atoms with Gasteiger partial charge in [0, 0.05) is 23.0 Å². The van der Waals surface area contributed by atoms with Crippen LogP contribution in [0, 0.1) is 0 Å². The van der Waals surface area contributed by atoms with Crippen molar-refractivity contribution in [2.75, 3.05) is 0 Å². The lowest BCUT2D eigenvalue weighted by atomic mass is 9.83. The van der Waals surface area contributed by atoms with Crippen molar-refractivity contribution in [3.63, 3.8) is 0 Å². The Balaban J connectivity index is 1.28. The van der Waals surface area contributed by atoms with Gasteiger partial charge in [0.2, 0.25) is 0 Å². The Kier molecular flexibility index (Phi) is 7.63. The fourth-order valence-corrected chi connectivity index (χ4v) is 7.50. The summed E-state index contributed by atoms with van der Waals surface area (Å²) in [6.45, 7) is 2.27. The maximum atomic E-state index is 5.05. The fraction of sp³-hybridized carbons (Fsp3) is 0.0408. The number of hydrogen-bond donors (Lipinski definition) is 1. The van der Waals surface area contributed by atoms with Crippen molar-refractivity contribution in [2.45, 2.75) is 12.5 Å². The van der Waals surface area contributed by atoms with Crippen molar-refractivity contribution in [1.29, 1.82) is 0 Å². The highest BCUT2D eigenvalue weighted by molar-refractivity contribution is 6.14. The Bertz CT molecular complexity index is 2590. The highest BCUT2D eigenvalue weighted by Gasteiger charge is 2.29.